The predicted octanol–water partition coefficient (Wildman–Crippen LogP) is 2.20. The van der Waals surface area contributed by atoms with E-state index in [2.05, 4.69) is 0 Å². The second-order valence-electron chi connectivity index (χ2n) is 4.28. The highest BCUT2D eigenvalue weighted by atomic mass is 32.2. The molecule has 0 heterocycles. The Labute approximate surface area is 123 Å². The lowest BCUT2D eigenvalue weighted by Gasteiger charge is -2.17. The molecule has 1 unspecified atom stereocenters. The molecule has 0 amide bonds. The molecule has 2 aromatic rings. The van der Waals surface area contributed by atoms with Crippen molar-refractivity contribution in [2.24, 2.45) is 0 Å². The monoisotopic (exact) mass is 308 g/mol. The smallest absolute Gasteiger partial charge is 0.299 e. The average molecular weight is 308 g/mol. The first kappa shape index (κ1) is 15.7. The molecule has 2 rings (SSSR count). The number of ether oxygens (including phenoxy) is 1. The largest absolute Gasteiger partial charge is 0.371 e. The summed E-state index contributed by atoms with van der Waals surface area (Å²) >= 11 is 0. The summed E-state index contributed by atoms with van der Waals surface area (Å²) in [4.78, 5) is 0. The van der Waals surface area contributed by atoms with E-state index in [1.165, 1.54) is 0 Å². The van der Waals surface area contributed by atoms with E-state index in [9.17, 15) is 8.42 Å². The van der Waals surface area contributed by atoms with Crippen LogP contribution in [0, 0.1) is 0 Å². The Balaban J connectivity index is 2.15. The Hall–Kier alpha value is -1.73. The van der Waals surface area contributed by atoms with Crippen LogP contribution in [-0.2, 0) is 25.6 Å². The van der Waals surface area contributed by atoms with Gasteiger partial charge in [-0.25, -0.2) is 0 Å². The SMILES string of the molecule is O=S(=O)(OCc1ccccc1)C(OCO)c1ccccc1. The molecule has 0 bridgehead atoms. The fraction of sp³-hybridized carbons (Fsp3) is 0.200. The first-order valence-corrected chi connectivity index (χ1v) is 7.80. The first-order valence-electron chi connectivity index (χ1n) is 6.33. The standard InChI is InChI=1S/C15H16O5S/c16-12-19-15(14-9-5-2-6-10-14)21(17,18)20-11-13-7-3-1-4-8-13/h1-10,15-16H,11-12H2. The van der Waals surface area contributed by atoms with Crippen LogP contribution in [0.15, 0.2) is 60.7 Å². The van der Waals surface area contributed by atoms with Crippen LogP contribution in [0.3, 0.4) is 0 Å². The van der Waals surface area contributed by atoms with Crippen molar-refractivity contribution in [1.29, 1.82) is 0 Å². The van der Waals surface area contributed by atoms with Crippen molar-refractivity contribution in [1.82, 2.24) is 0 Å². The Bertz CT molecular complexity index is 640. The van der Waals surface area contributed by atoms with Crippen LogP contribution in [0.2, 0.25) is 0 Å². The molecular formula is C15H16O5S. The van der Waals surface area contributed by atoms with E-state index in [4.69, 9.17) is 14.0 Å². The number of rotatable bonds is 7. The highest BCUT2D eigenvalue weighted by Gasteiger charge is 2.29. The zero-order chi connectivity index (χ0) is 15.1. The third-order valence-corrected chi connectivity index (χ3v) is 4.17. The van der Waals surface area contributed by atoms with Gasteiger partial charge in [-0.3, -0.25) is 4.18 Å². The zero-order valence-corrected chi connectivity index (χ0v) is 12.1. The second kappa shape index (κ2) is 7.33. The maximum absolute atomic E-state index is 12.2. The van der Waals surface area contributed by atoms with Crippen molar-refractivity contribution >= 4 is 10.1 Å². The molecule has 0 saturated heterocycles. The molecule has 0 spiro atoms. The molecule has 5 nitrogen and oxygen atoms in total. The van der Waals surface area contributed by atoms with E-state index in [1.807, 2.05) is 6.07 Å². The summed E-state index contributed by atoms with van der Waals surface area (Å²) < 4.78 is 34.4. The maximum atomic E-state index is 12.2. The van der Waals surface area contributed by atoms with Gasteiger partial charge in [0, 0.05) is 0 Å². The molecule has 0 fully saturated rings. The quantitative estimate of drug-likeness (QED) is 0.627. The van der Waals surface area contributed by atoms with Gasteiger partial charge in [0.1, 0.15) is 6.79 Å². The summed E-state index contributed by atoms with van der Waals surface area (Å²) in [6, 6.07) is 17.3. The molecule has 112 valence electrons. The van der Waals surface area contributed by atoms with Crippen LogP contribution in [-0.4, -0.2) is 20.3 Å². The zero-order valence-electron chi connectivity index (χ0n) is 11.3. The minimum absolute atomic E-state index is 0.0820. The van der Waals surface area contributed by atoms with E-state index < -0.39 is 22.3 Å². The first-order chi connectivity index (χ1) is 10.1. The van der Waals surface area contributed by atoms with Gasteiger partial charge in [0.05, 0.1) is 6.61 Å². The van der Waals surface area contributed by atoms with Crippen LogP contribution in [0.4, 0.5) is 0 Å². The molecule has 0 aromatic heterocycles. The summed E-state index contributed by atoms with van der Waals surface area (Å²) in [6.45, 7) is -0.797. The summed E-state index contributed by atoms with van der Waals surface area (Å²) in [5, 5.41) is 8.90. The van der Waals surface area contributed by atoms with Crippen LogP contribution in [0.5, 0.6) is 0 Å². The van der Waals surface area contributed by atoms with E-state index in [1.54, 1.807) is 54.6 Å². The summed E-state index contributed by atoms with van der Waals surface area (Å²) in [7, 11) is -4.02. The summed E-state index contributed by atoms with van der Waals surface area (Å²) in [5.41, 5.74) is -0.219. The number of hydrogen-bond acceptors (Lipinski definition) is 5. The number of hydrogen-bond donors (Lipinski definition) is 1. The van der Waals surface area contributed by atoms with Gasteiger partial charge in [0.25, 0.3) is 10.1 Å². The van der Waals surface area contributed by atoms with Crippen molar-refractivity contribution in [3.8, 4) is 0 Å². The van der Waals surface area contributed by atoms with E-state index in [0.717, 1.165) is 5.56 Å². The Morgan fingerprint density at radius 2 is 1.52 bits per heavy atom. The molecule has 1 atom stereocenters. The number of aliphatic hydroxyl groups excluding tert-OH is 1. The van der Waals surface area contributed by atoms with Gasteiger partial charge in [-0.1, -0.05) is 60.7 Å². The Morgan fingerprint density at radius 3 is 2.10 bits per heavy atom. The van der Waals surface area contributed by atoms with Gasteiger partial charge >= 0.3 is 0 Å². The molecule has 0 aliphatic heterocycles. The van der Waals surface area contributed by atoms with E-state index >= 15 is 0 Å². The topological polar surface area (TPSA) is 72.8 Å². The normalized spacial score (nSPS) is 13.0. The third kappa shape index (κ3) is 4.37. The van der Waals surface area contributed by atoms with Crippen molar-refractivity contribution in [2.45, 2.75) is 12.0 Å². The van der Waals surface area contributed by atoms with Crippen molar-refractivity contribution in [2.75, 3.05) is 6.79 Å². The Kier molecular flexibility index (Phi) is 5.46. The van der Waals surface area contributed by atoms with Gasteiger partial charge in [0.15, 0.2) is 0 Å². The molecular weight excluding hydrogens is 292 g/mol. The average Bonchev–Trinajstić information content (AvgIpc) is 2.52. The molecule has 0 radical (unpaired) electrons. The lowest BCUT2D eigenvalue weighted by molar-refractivity contribution is -0.0236. The third-order valence-electron chi connectivity index (χ3n) is 2.79. The van der Waals surface area contributed by atoms with Gasteiger partial charge < -0.3 is 9.84 Å². The van der Waals surface area contributed by atoms with Crippen molar-refractivity contribution in [3.63, 3.8) is 0 Å². The lowest BCUT2D eigenvalue weighted by atomic mass is 10.2. The Morgan fingerprint density at radius 1 is 0.952 bits per heavy atom. The molecule has 21 heavy (non-hydrogen) atoms. The second-order valence-corrected chi connectivity index (χ2v) is 5.93. The minimum Gasteiger partial charge on any atom is -0.371 e. The molecule has 6 heteroatoms. The van der Waals surface area contributed by atoms with E-state index in [0.29, 0.717) is 5.56 Å². The summed E-state index contributed by atoms with van der Waals surface area (Å²) in [6.07, 6.45) is 0. The van der Waals surface area contributed by atoms with Crippen molar-refractivity contribution in [3.05, 3.63) is 71.8 Å². The summed E-state index contributed by atoms with van der Waals surface area (Å²) in [5.74, 6) is 0. The number of aliphatic hydroxyl groups is 1. The van der Waals surface area contributed by atoms with Crippen LogP contribution in [0.25, 0.3) is 0 Å². The van der Waals surface area contributed by atoms with Crippen LogP contribution >= 0.6 is 0 Å². The highest BCUT2D eigenvalue weighted by molar-refractivity contribution is 7.86. The number of benzene rings is 2. The van der Waals surface area contributed by atoms with Gasteiger partial charge in [-0.2, -0.15) is 8.42 Å². The van der Waals surface area contributed by atoms with E-state index in [-0.39, 0.29) is 6.61 Å². The fourth-order valence-electron chi connectivity index (χ4n) is 1.81. The molecule has 2 aromatic carbocycles. The molecule has 0 saturated carbocycles. The predicted molar refractivity (Wildman–Crippen MR) is 77.5 cm³/mol. The van der Waals surface area contributed by atoms with Gasteiger partial charge in [0.2, 0.25) is 5.44 Å². The van der Waals surface area contributed by atoms with Gasteiger partial charge in [-0.05, 0) is 11.1 Å². The maximum Gasteiger partial charge on any atom is 0.299 e. The lowest BCUT2D eigenvalue weighted by Crippen LogP contribution is -2.19. The molecule has 0 aliphatic carbocycles. The fourth-order valence-corrected chi connectivity index (χ4v) is 2.95. The minimum atomic E-state index is -4.02. The van der Waals surface area contributed by atoms with Crippen molar-refractivity contribution < 1.29 is 22.4 Å². The van der Waals surface area contributed by atoms with Crippen LogP contribution in [0.1, 0.15) is 16.6 Å². The molecule has 0 aliphatic rings. The molecule has 1 N–H and O–H groups in total. The van der Waals surface area contributed by atoms with Gasteiger partial charge in [-0.15, -0.1) is 0 Å². The van der Waals surface area contributed by atoms with Crippen LogP contribution < -0.4 is 0 Å². The highest BCUT2D eigenvalue weighted by Crippen LogP contribution is 2.25.